The number of fused-ring (bicyclic) bond motifs is 1. The summed E-state index contributed by atoms with van der Waals surface area (Å²) in [5.41, 5.74) is 9.45. The molecule has 0 saturated heterocycles. The lowest BCUT2D eigenvalue weighted by molar-refractivity contribution is 0.929. The van der Waals surface area contributed by atoms with Gasteiger partial charge < -0.3 is 10.3 Å². The Morgan fingerprint density at radius 3 is 2.79 bits per heavy atom. The van der Waals surface area contributed by atoms with Gasteiger partial charge in [-0.15, -0.1) is 0 Å². The molecule has 0 aliphatic rings. The molecule has 3 aromatic rings. The van der Waals surface area contributed by atoms with Crippen molar-refractivity contribution in [3.05, 3.63) is 41.9 Å². The first-order valence-corrected chi connectivity index (χ1v) is 6.14. The van der Waals surface area contributed by atoms with E-state index >= 15 is 0 Å². The molecule has 0 amide bonds. The van der Waals surface area contributed by atoms with E-state index < -0.39 is 0 Å². The second-order valence-electron chi connectivity index (χ2n) is 4.52. The van der Waals surface area contributed by atoms with E-state index in [9.17, 15) is 0 Å². The molecule has 3 rings (SSSR count). The molecule has 0 atom stereocenters. The molecule has 0 aliphatic heterocycles. The minimum Gasteiger partial charge on any atom is -0.335 e. The van der Waals surface area contributed by atoms with Gasteiger partial charge in [-0.2, -0.15) is 0 Å². The monoisotopic (exact) mass is 253 g/mol. The van der Waals surface area contributed by atoms with Gasteiger partial charge in [0.05, 0.1) is 5.69 Å². The highest BCUT2D eigenvalue weighted by Gasteiger charge is 2.13. The Morgan fingerprint density at radius 1 is 1.26 bits per heavy atom. The van der Waals surface area contributed by atoms with Gasteiger partial charge in [-0.3, -0.25) is 4.98 Å². The lowest BCUT2D eigenvalue weighted by Gasteiger charge is -2.04. The van der Waals surface area contributed by atoms with Gasteiger partial charge in [-0.05, 0) is 24.6 Å². The van der Waals surface area contributed by atoms with Crippen LogP contribution in [0.15, 0.2) is 30.6 Å². The molecule has 5 nitrogen and oxygen atoms in total. The van der Waals surface area contributed by atoms with Crippen LogP contribution in [-0.2, 0) is 13.6 Å². The highest BCUT2D eigenvalue weighted by molar-refractivity contribution is 5.84. The SMILES string of the molecule is Cc1nc(-c2ccccn2)nc2c1c(CN)cn2C. The first-order chi connectivity index (χ1) is 9.20. The van der Waals surface area contributed by atoms with Gasteiger partial charge in [-0.25, -0.2) is 9.97 Å². The van der Waals surface area contributed by atoms with E-state index in [-0.39, 0.29) is 0 Å². The highest BCUT2D eigenvalue weighted by Crippen LogP contribution is 2.24. The van der Waals surface area contributed by atoms with E-state index in [1.807, 2.05) is 42.9 Å². The van der Waals surface area contributed by atoms with Crippen LogP contribution in [0.4, 0.5) is 0 Å². The Bertz CT molecular complexity index is 730. The standard InChI is InChI=1S/C14H15N5/c1-9-12-10(7-15)8-19(2)14(12)18-13(17-9)11-5-3-4-6-16-11/h3-6,8H,7,15H2,1-2H3. The number of nitrogens with zero attached hydrogens (tertiary/aromatic N) is 4. The summed E-state index contributed by atoms with van der Waals surface area (Å²) in [6.45, 7) is 2.47. The van der Waals surface area contributed by atoms with Crippen molar-refractivity contribution >= 4 is 11.0 Å². The largest absolute Gasteiger partial charge is 0.335 e. The quantitative estimate of drug-likeness (QED) is 0.756. The maximum absolute atomic E-state index is 5.77. The van der Waals surface area contributed by atoms with Gasteiger partial charge in [0.25, 0.3) is 0 Å². The number of aryl methyl sites for hydroxylation is 2. The predicted molar refractivity (Wildman–Crippen MR) is 74.4 cm³/mol. The van der Waals surface area contributed by atoms with Crippen LogP contribution in [0.3, 0.4) is 0 Å². The van der Waals surface area contributed by atoms with Gasteiger partial charge in [0.1, 0.15) is 11.3 Å². The van der Waals surface area contributed by atoms with Crippen LogP contribution >= 0.6 is 0 Å². The molecule has 96 valence electrons. The summed E-state index contributed by atoms with van der Waals surface area (Å²) in [6.07, 6.45) is 3.75. The second-order valence-corrected chi connectivity index (χ2v) is 4.52. The van der Waals surface area contributed by atoms with Crippen molar-refractivity contribution < 1.29 is 0 Å². The summed E-state index contributed by atoms with van der Waals surface area (Å²) in [5.74, 6) is 0.648. The molecule has 0 spiro atoms. The zero-order valence-electron chi connectivity index (χ0n) is 11.0. The van der Waals surface area contributed by atoms with E-state index in [2.05, 4.69) is 15.0 Å². The average Bonchev–Trinajstić information content (AvgIpc) is 2.77. The molecule has 0 aromatic carbocycles. The third kappa shape index (κ3) is 1.88. The van der Waals surface area contributed by atoms with Gasteiger partial charge in [0, 0.05) is 31.4 Å². The van der Waals surface area contributed by atoms with Gasteiger partial charge in [0.15, 0.2) is 5.82 Å². The maximum atomic E-state index is 5.77. The second kappa shape index (κ2) is 4.44. The van der Waals surface area contributed by atoms with Crippen LogP contribution in [0, 0.1) is 6.92 Å². The fourth-order valence-electron chi connectivity index (χ4n) is 2.31. The zero-order chi connectivity index (χ0) is 13.4. The van der Waals surface area contributed by atoms with Crippen molar-refractivity contribution in [2.24, 2.45) is 12.8 Å². The summed E-state index contributed by atoms with van der Waals surface area (Å²) in [5, 5.41) is 1.05. The number of aromatic nitrogens is 4. The molecule has 0 bridgehead atoms. The molecule has 0 radical (unpaired) electrons. The van der Waals surface area contributed by atoms with Crippen molar-refractivity contribution in [2.45, 2.75) is 13.5 Å². The van der Waals surface area contributed by atoms with Crippen LogP contribution in [-0.4, -0.2) is 19.5 Å². The zero-order valence-corrected chi connectivity index (χ0v) is 11.0. The molecule has 0 saturated carbocycles. The Balaban J connectivity index is 2.28. The van der Waals surface area contributed by atoms with Crippen LogP contribution < -0.4 is 5.73 Å². The van der Waals surface area contributed by atoms with E-state index in [0.29, 0.717) is 12.4 Å². The third-order valence-corrected chi connectivity index (χ3v) is 3.19. The third-order valence-electron chi connectivity index (χ3n) is 3.19. The van der Waals surface area contributed by atoms with Crippen molar-refractivity contribution in [2.75, 3.05) is 0 Å². The summed E-state index contributed by atoms with van der Waals surface area (Å²) in [4.78, 5) is 13.5. The lowest BCUT2D eigenvalue weighted by atomic mass is 10.2. The first-order valence-electron chi connectivity index (χ1n) is 6.14. The summed E-state index contributed by atoms with van der Waals surface area (Å²) < 4.78 is 1.98. The number of rotatable bonds is 2. The van der Waals surface area contributed by atoms with Crippen LogP contribution in [0.25, 0.3) is 22.6 Å². The maximum Gasteiger partial charge on any atom is 0.180 e. The van der Waals surface area contributed by atoms with Crippen LogP contribution in [0.1, 0.15) is 11.3 Å². The molecule has 19 heavy (non-hydrogen) atoms. The molecule has 0 fully saturated rings. The van der Waals surface area contributed by atoms with E-state index in [1.165, 1.54) is 0 Å². The van der Waals surface area contributed by atoms with Crippen molar-refractivity contribution in [1.82, 2.24) is 19.5 Å². The molecular formula is C14H15N5. The molecule has 3 heterocycles. The number of hydrogen-bond acceptors (Lipinski definition) is 4. The van der Waals surface area contributed by atoms with Crippen molar-refractivity contribution in [3.8, 4) is 11.5 Å². The molecule has 2 N–H and O–H groups in total. The van der Waals surface area contributed by atoms with Gasteiger partial charge >= 0.3 is 0 Å². The molecular weight excluding hydrogens is 238 g/mol. The fraction of sp³-hybridized carbons (Fsp3) is 0.214. The highest BCUT2D eigenvalue weighted by atomic mass is 15.0. The van der Waals surface area contributed by atoms with E-state index in [4.69, 9.17) is 5.73 Å². The number of hydrogen-bond donors (Lipinski definition) is 1. The first kappa shape index (κ1) is 11.8. The fourth-order valence-corrected chi connectivity index (χ4v) is 2.31. The van der Waals surface area contributed by atoms with E-state index in [1.54, 1.807) is 6.20 Å². The minimum absolute atomic E-state index is 0.491. The Kier molecular flexibility index (Phi) is 2.76. The van der Waals surface area contributed by atoms with Crippen molar-refractivity contribution in [1.29, 1.82) is 0 Å². The molecule has 0 unspecified atom stereocenters. The van der Waals surface area contributed by atoms with Crippen molar-refractivity contribution in [3.63, 3.8) is 0 Å². The Hall–Kier alpha value is -2.27. The molecule has 5 heteroatoms. The topological polar surface area (TPSA) is 69.6 Å². The smallest absolute Gasteiger partial charge is 0.180 e. The summed E-state index contributed by atoms with van der Waals surface area (Å²) in [6, 6.07) is 5.72. The minimum atomic E-state index is 0.491. The van der Waals surface area contributed by atoms with Gasteiger partial charge in [0.2, 0.25) is 0 Å². The molecule has 0 aliphatic carbocycles. The number of pyridine rings is 1. The van der Waals surface area contributed by atoms with Crippen LogP contribution in [0.5, 0.6) is 0 Å². The Morgan fingerprint density at radius 2 is 2.11 bits per heavy atom. The van der Waals surface area contributed by atoms with Gasteiger partial charge in [-0.1, -0.05) is 6.07 Å². The summed E-state index contributed by atoms with van der Waals surface area (Å²) >= 11 is 0. The predicted octanol–water partition coefficient (Wildman–Crippen LogP) is 1.80. The van der Waals surface area contributed by atoms with E-state index in [0.717, 1.165) is 28.0 Å². The summed E-state index contributed by atoms with van der Waals surface area (Å²) in [7, 11) is 1.97. The van der Waals surface area contributed by atoms with Crippen LogP contribution in [0.2, 0.25) is 0 Å². The Labute approximate surface area is 111 Å². The molecule has 3 aromatic heterocycles. The number of nitrogens with two attached hydrogens (primary N) is 1. The average molecular weight is 253 g/mol. The normalized spacial score (nSPS) is 11.1. The lowest BCUT2D eigenvalue weighted by Crippen LogP contribution is -1.99.